The third-order valence-electron chi connectivity index (χ3n) is 3.59. The molecule has 26 heavy (non-hydrogen) atoms. The number of amides is 1. The van der Waals surface area contributed by atoms with Gasteiger partial charge < -0.3 is 14.8 Å². The molecule has 0 spiro atoms. The number of anilines is 1. The summed E-state index contributed by atoms with van der Waals surface area (Å²) in [6.45, 7) is 0.823. The van der Waals surface area contributed by atoms with Gasteiger partial charge in [0.2, 0.25) is 5.91 Å². The van der Waals surface area contributed by atoms with Crippen molar-refractivity contribution in [2.75, 3.05) is 11.9 Å². The van der Waals surface area contributed by atoms with Crippen LogP contribution in [0, 0.1) is 0 Å². The number of hydrogen-bond acceptors (Lipinski definition) is 4. The lowest BCUT2D eigenvalue weighted by atomic mass is 10.2. The van der Waals surface area contributed by atoms with Crippen LogP contribution in [0.25, 0.3) is 0 Å². The number of nitrogens with one attached hydrogen (secondary N) is 1. The molecule has 3 aromatic rings. The summed E-state index contributed by atoms with van der Waals surface area (Å²) in [5.41, 5.74) is 2.68. The van der Waals surface area contributed by atoms with E-state index < -0.39 is 0 Å². The fourth-order valence-corrected chi connectivity index (χ4v) is 2.35. The maximum Gasteiger partial charge on any atom is 0.250 e. The van der Waals surface area contributed by atoms with Gasteiger partial charge in [0.25, 0.3) is 0 Å². The van der Waals surface area contributed by atoms with Crippen LogP contribution >= 0.6 is 0 Å². The average molecular weight is 348 g/mol. The van der Waals surface area contributed by atoms with Gasteiger partial charge in [-0.15, -0.1) is 0 Å². The maximum absolute atomic E-state index is 12.0. The molecule has 2 aromatic carbocycles. The number of rotatable bonds is 8. The zero-order chi connectivity index (χ0) is 18.0. The van der Waals surface area contributed by atoms with E-state index in [-0.39, 0.29) is 12.5 Å². The van der Waals surface area contributed by atoms with Crippen molar-refractivity contribution in [1.82, 2.24) is 4.98 Å². The summed E-state index contributed by atoms with van der Waals surface area (Å²) < 4.78 is 11.2. The third-order valence-corrected chi connectivity index (χ3v) is 3.59. The first kappa shape index (κ1) is 17.6. The molecule has 0 atom stereocenters. The number of hydrogen-bond donors (Lipinski definition) is 1. The first-order valence-corrected chi connectivity index (χ1v) is 8.33. The molecule has 0 unspecified atom stereocenters. The highest BCUT2D eigenvalue weighted by Gasteiger charge is 2.04. The topological polar surface area (TPSA) is 60.5 Å². The molecule has 5 nitrogen and oxygen atoms in total. The van der Waals surface area contributed by atoms with Crippen LogP contribution in [-0.4, -0.2) is 17.5 Å². The molecule has 5 heteroatoms. The molecule has 0 bridgehead atoms. The molecule has 1 aromatic heterocycles. The molecule has 0 saturated heterocycles. The van der Waals surface area contributed by atoms with Crippen LogP contribution in [0.15, 0.2) is 79.1 Å². The summed E-state index contributed by atoms with van der Waals surface area (Å²) in [7, 11) is 0. The van der Waals surface area contributed by atoms with Crippen molar-refractivity contribution in [3.63, 3.8) is 0 Å². The van der Waals surface area contributed by atoms with Crippen LogP contribution in [0.3, 0.4) is 0 Å². The Kier molecular flexibility index (Phi) is 6.34. The molecule has 1 heterocycles. The number of aromatic nitrogens is 1. The standard InChI is InChI=1S/C21H20N2O3/c24-21(16-25-14-17-6-2-1-3-7-17)23-19-9-4-10-20(12-19)26-15-18-8-5-11-22-13-18/h1-13H,14-16H2,(H,23,24). The first-order valence-electron chi connectivity index (χ1n) is 8.33. The second-order valence-corrected chi connectivity index (χ2v) is 5.70. The number of carbonyl (C=O) groups is 1. The highest BCUT2D eigenvalue weighted by Crippen LogP contribution is 2.18. The molecule has 0 aliphatic carbocycles. The van der Waals surface area contributed by atoms with Gasteiger partial charge in [-0.3, -0.25) is 9.78 Å². The van der Waals surface area contributed by atoms with E-state index in [1.807, 2.05) is 60.7 Å². The smallest absolute Gasteiger partial charge is 0.250 e. The van der Waals surface area contributed by atoms with Gasteiger partial charge in [-0.1, -0.05) is 42.5 Å². The van der Waals surface area contributed by atoms with Gasteiger partial charge in [0, 0.05) is 29.7 Å². The number of benzene rings is 2. The van der Waals surface area contributed by atoms with Gasteiger partial charge in [-0.25, -0.2) is 0 Å². The van der Waals surface area contributed by atoms with E-state index >= 15 is 0 Å². The highest BCUT2D eigenvalue weighted by molar-refractivity contribution is 5.91. The second-order valence-electron chi connectivity index (χ2n) is 5.70. The first-order chi connectivity index (χ1) is 12.8. The Bertz CT molecular complexity index is 823. The van der Waals surface area contributed by atoms with Gasteiger partial charge in [0.1, 0.15) is 19.0 Å². The lowest BCUT2D eigenvalue weighted by Crippen LogP contribution is -2.18. The summed E-state index contributed by atoms with van der Waals surface area (Å²) in [5.74, 6) is 0.474. The molecular formula is C21H20N2O3. The van der Waals surface area contributed by atoms with E-state index in [0.717, 1.165) is 11.1 Å². The van der Waals surface area contributed by atoms with Crippen molar-refractivity contribution in [2.45, 2.75) is 13.2 Å². The molecule has 0 radical (unpaired) electrons. The Morgan fingerprint density at radius 1 is 0.923 bits per heavy atom. The van der Waals surface area contributed by atoms with Crippen molar-refractivity contribution in [3.05, 3.63) is 90.3 Å². The van der Waals surface area contributed by atoms with Crippen LogP contribution in [0.2, 0.25) is 0 Å². The van der Waals surface area contributed by atoms with E-state index in [2.05, 4.69) is 10.3 Å². The summed E-state index contributed by atoms with van der Waals surface area (Å²) in [5, 5.41) is 2.81. The van der Waals surface area contributed by atoms with Crippen LogP contribution in [0.4, 0.5) is 5.69 Å². The quantitative estimate of drug-likeness (QED) is 0.672. The van der Waals surface area contributed by atoms with Crippen LogP contribution in [0.1, 0.15) is 11.1 Å². The summed E-state index contributed by atoms with van der Waals surface area (Å²) in [6, 6.07) is 20.8. The molecule has 1 amide bonds. The van der Waals surface area contributed by atoms with Gasteiger partial charge in [-0.05, 0) is 23.8 Å². The van der Waals surface area contributed by atoms with Crippen molar-refractivity contribution < 1.29 is 14.3 Å². The lowest BCUT2D eigenvalue weighted by molar-refractivity contribution is -0.121. The zero-order valence-corrected chi connectivity index (χ0v) is 14.3. The molecule has 132 valence electrons. The molecule has 0 aliphatic heterocycles. The van der Waals surface area contributed by atoms with Crippen molar-refractivity contribution in [1.29, 1.82) is 0 Å². The van der Waals surface area contributed by atoms with E-state index in [9.17, 15) is 4.79 Å². The maximum atomic E-state index is 12.0. The Morgan fingerprint density at radius 2 is 1.77 bits per heavy atom. The van der Waals surface area contributed by atoms with Crippen molar-refractivity contribution in [2.24, 2.45) is 0 Å². The largest absolute Gasteiger partial charge is 0.489 e. The van der Waals surface area contributed by atoms with Gasteiger partial charge in [0.05, 0.1) is 6.61 Å². The zero-order valence-electron chi connectivity index (χ0n) is 14.3. The third kappa shape index (κ3) is 5.72. The number of nitrogens with zero attached hydrogens (tertiary/aromatic N) is 1. The summed E-state index contributed by atoms with van der Waals surface area (Å²) in [4.78, 5) is 16.1. The lowest BCUT2D eigenvalue weighted by Gasteiger charge is -2.09. The fourth-order valence-electron chi connectivity index (χ4n) is 2.35. The van der Waals surface area contributed by atoms with Crippen molar-refractivity contribution >= 4 is 11.6 Å². The highest BCUT2D eigenvalue weighted by atomic mass is 16.5. The van der Waals surface area contributed by atoms with E-state index in [0.29, 0.717) is 24.7 Å². The Labute approximate surface area is 152 Å². The predicted molar refractivity (Wildman–Crippen MR) is 99.7 cm³/mol. The van der Waals surface area contributed by atoms with Gasteiger partial charge in [0.15, 0.2) is 0 Å². The number of ether oxygens (including phenoxy) is 2. The second kappa shape index (κ2) is 9.34. The Balaban J connectivity index is 1.46. The molecule has 3 rings (SSSR count). The monoisotopic (exact) mass is 348 g/mol. The van der Waals surface area contributed by atoms with Crippen LogP contribution in [0.5, 0.6) is 5.75 Å². The van der Waals surface area contributed by atoms with Crippen LogP contribution < -0.4 is 10.1 Å². The van der Waals surface area contributed by atoms with E-state index in [1.165, 1.54) is 0 Å². The fraction of sp³-hybridized carbons (Fsp3) is 0.143. The molecule has 0 saturated carbocycles. The number of pyridine rings is 1. The summed E-state index contributed by atoms with van der Waals surface area (Å²) >= 11 is 0. The van der Waals surface area contributed by atoms with Gasteiger partial charge in [-0.2, -0.15) is 0 Å². The van der Waals surface area contributed by atoms with E-state index in [1.54, 1.807) is 18.5 Å². The van der Waals surface area contributed by atoms with Crippen LogP contribution in [-0.2, 0) is 22.7 Å². The Hall–Kier alpha value is -3.18. The minimum Gasteiger partial charge on any atom is -0.489 e. The normalized spacial score (nSPS) is 10.3. The molecule has 0 aliphatic rings. The molecular weight excluding hydrogens is 328 g/mol. The number of carbonyl (C=O) groups excluding carboxylic acids is 1. The average Bonchev–Trinajstić information content (AvgIpc) is 2.68. The SMILES string of the molecule is O=C(COCc1ccccc1)Nc1cccc(OCc2cccnc2)c1. The van der Waals surface area contributed by atoms with Gasteiger partial charge >= 0.3 is 0 Å². The summed E-state index contributed by atoms with van der Waals surface area (Å²) in [6.07, 6.45) is 3.48. The minimum atomic E-state index is -0.203. The predicted octanol–water partition coefficient (Wildman–Crippen LogP) is 3.82. The Morgan fingerprint density at radius 3 is 2.58 bits per heavy atom. The van der Waals surface area contributed by atoms with Crippen molar-refractivity contribution in [3.8, 4) is 5.75 Å². The molecule has 0 fully saturated rings. The molecule has 1 N–H and O–H groups in total. The minimum absolute atomic E-state index is 0.00430. The van der Waals surface area contributed by atoms with E-state index in [4.69, 9.17) is 9.47 Å².